The van der Waals surface area contributed by atoms with Crippen LogP contribution in [0.4, 0.5) is 17.5 Å². The molecule has 3 aromatic rings. The second-order valence-electron chi connectivity index (χ2n) is 6.55. The molecular weight excluding hydrogens is 342 g/mol. The fourth-order valence-electron chi connectivity index (χ4n) is 2.52. The lowest BCUT2D eigenvalue weighted by molar-refractivity contribution is 0.248. The number of pyridine rings is 1. The summed E-state index contributed by atoms with van der Waals surface area (Å²) in [5, 5.41) is 25.5. The number of anilines is 3. The van der Waals surface area contributed by atoms with Gasteiger partial charge < -0.3 is 20.8 Å². The van der Waals surface area contributed by atoms with Crippen molar-refractivity contribution < 1.29 is 10.2 Å². The van der Waals surface area contributed by atoms with Crippen molar-refractivity contribution in [2.24, 2.45) is 5.92 Å². The zero-order valence-electron chi connectivity index (χ0n) is 15.3. The Morgan fingerprint density at radius 3 is 2.48 bits per heavy atom. The Morgan fingerprint density at radius 1 is 1.07 bits per heavy atom. The maximum absolute atomic E-state index is 9.61. The highest BCUT2D eigenvalue weighted by Gasteiger charge is 2.15. The topological polar surface area (TPSA) is 103 Å². The van der Waals surface area contributed by atoms with Crippen LogP contribution in [0.25, 0.3) is 11.3 Å². The third-order valence-electron chi connectivity index (χ3n) is 4.14. The van der Waals surface area contributed by atoms with Crippen LogP contribution in [0.5, 0.6) is 5.75 Å². The zero-order chi connectivity index (χ0) is 19.2. The van der Waals surface area contributed by atoms with E-state index in [0.29, 0.717) is 17.5 Å². The summed E-state index contributed by atoms with van der Waals surface area (Å²) in [5.74, 6) is 1.43. The number of rotatable bonds is 7. The third-order valence-corrected chi connectivity index (χ3v) is 4.14. The van der Waals surface area contributed by atoms with Gasteiger partial charge in [0.1, 0.15) is 11.6 Å². The van der Waals surface area contributed by atoms with Crippen LogP contribution in [-0.4, -0.2) is 37.8 Å². The number of phenols is 1. The van der Waals surface area contributed by atoms with Gasteiger partial charge in [-0.1, -0.05) is 13.8 Å². The van der Waals surface area contributed by atoms with Crippen molar-refractivity contribution >= 4 is 17.5 Å². The van der Waals surface area contributed by atoms with Gasteiger partial charge in [-0.2, -0.15) is 4.98 Å². The average molecular weight is 365 g/mol. The van der Waals surface area contributed by atoms with Crippen LogP contribution in [0.15, 0.2) is 54.9 Å². The van der Waals surface area contributed by atoms with Gasteiger partial charge in [0.15, 0.2) is 0 Å². The summed E-state index contributed by atoms with van der Waals surface area (Å²) >= 11 is 0. The predicted molar refractivity (Wildman–Crippen MR) is 106 cm³/mol. The van der Waals surface area contributed by atoms with Crippen LogP contribution >= 0.6 is 0 Å². The number of aromatic nitrogens is 3. The van der Waals surface area contributed by atoms with E-state index in [-0.39, 0.29) is 24.3 Å². The number of aliphatic hydroxyl groups is 1. The Morgan fingerprint density at radius 2 is 1.85 bits per heavy atom. The van der Waals surface area contributed by atoms with Crippen LogP contribution in [0.2, 0.25) is 0 Å². The molecule has 2 aromatic heterocycles. The molecule has 7 heteroatoms. The molecule has 0 aliphatic rings. The van der Waals surface area contributed by atoms with E-state index in [1.54, 1.807) is 36.7 Å². The maximum atomic E-state index is 9.61. The van der Waals surface area contributed by atoms with Crippen molar-refractivity contribution in [2.75, 3.05) is 17.2 Å². The molecule has 0 saturated carbocycles. The van der Waals surface area contributed by atoms with Crippen LogP contribution in [-0.2, 0) is 0 Å². The summed E-state index contributed by atoms with van der Waals surface area (Å²) in [6.45, 7) is 4.03. The Hall–Kier alpha value is -3.19. The summed E-state index contributed by atoms with van der Waals surface area (Å²) in [5.41, 5.74) is 2.36. The number of nitrogens with zero attached hydrogens (tertiary/aromatic N) is 3. The number of nitrogens with one attached hydrogen (secondary N) is 2. The van der Waals surface area contributed by atoms with E-state index in [2.05, 4.69) is 25.6 Å². The van der Waals surface area contributed by atoms with Crippen LogP contribution in [0.1, 0.15) is 13.8 Å². The second-order valence-corrected chi connectivity index (χ2v) is 6.55. The molecule has 0 radical (unpaired) electrons. The Labute approximate surface area is 158 Å². The quantitative estimate of drug-likeness (QED) is 0.476. The molecule has 0 aliphatic heterocycles. The zero-order valence-corrected chi connectivity index (χ0v) is 15.3. The monoisotopic (exact) mass is 365 g/mol. The largest absolute Gasteiger partial charge is 0.508 e. The minimum absolute atomic E-state index is 0.0150. The molecule has 0 unspecified atom stereocenters. The standard InChI is InChI=1S/C20H23N5O2/c1-13(2)18(12-26)24-20-23-17(14-4-3-9-21-11-14)10-19(25-20)22-15-5-7-16(27)8-6-15/h3-11,13,18,26-27H,12H2,1-2H3,(H2,22,23,24,25)/t18-/m1/s1. The molecule has 0 aliphatic carbocycles. The first-order valence-electron chi connectivity index (χ1n) is 8.78. The lowest BCUT2D eigenvalue weighted by Gasteiger charge is -2.20. The Bertz CT molecular complexity index is 869. The molecule has 27 heavy (non-hydrogen) atoms. The fourth-order valence-corrected chi connectivity index (χ4v) is 2.52. The molecule has 0 bridgehead atoms. The molecule has 0 saturated heterocycles. The van der Waals surface area contributed by atoms with Crippen LogP contribution in [0, 0.1) is 5.92 Å². The second kappa shape index (κ2) is 8.46. The molecule has 140 valence electrons. The Kier molecular flexibility index (Phi) is 5.83. The van der Waals surface area contributed by atoms with E-state index >= 15 is 0 Å². The van der Waals surface area contributed by atoms with Crippen LogP contribution < -0.4 is 10.6 Å². The lowest BCUT2D eigenvalue weighted by Crippen LogP contribution is -2.30. The van der Waals surface area contributed by atoms with Crippen molar-refractivity contribution in [3.63, 3.8) is 0 Å². The molecule has 0 spiro atoms. The smallest absolute Gasteiger partial charge is 0.225 e. The number of phenolic OH excluding ortho intramolecular Hbond substituents is 1. The van der Waals surface area contributed by atoms with E-state index in [0.717, 1.165) is 11.3 Å². The molecule has 7 nitrogen and oxygen atoms in total. The molecule has 1 atom stereocenters. The highest BCUT2D eigenvalue weighted by atomic mass is 16.3. The first-order valence-corrected chi connectivity index (χ1v) is 8.78. The first kappa shape index (κ1) is 18.6. The molecule has 4 N–H and O–H groups in total. The molecule has 0 amide bonds. The summed E-state index contributed by atoms with van der Waals surface area (Å²) < 4.78 is 0. The molecular formula is C20H23N5O2. The minimum atomic E-state index is -0.157. The van der Waals surface area contributed by atoms with Crippen molar-refractivity contribution in [1.29, 1.82) is 0 Å². The van der Waals surface area contributed by atoms with Crippen molar-refractivity contribution in [3.8, 4) is 17.0 Å². The SMILES string of the molecule is CC(C)[C@@H](CO)Nc1nc(Nc2ccc(O)cc2)cc(-c2cccnc2)n1. The van der Waals surface area contributed by atoms with E-state index in [1.807, 2.05) is 32.0 Å². The maximum Gasteiger partial charge on any atom is 0.225 e. The number of aromatic hydroxyl groups is 1. The van der Waals surface area contributed by atoms with Gasteiger partial charge in [0.2, 0.25) is 5.95 Å². The van der Waals surface area contributed by atoms with Gasteiger partial charge in [0, 0.05) is 29.7 Å². The van der Waals surface area contributed by atoms with Crippen LogP contribution in [0.3, 0.4) is 0 Å². The average Bonchev–Trinajstić information content (AvgIpc) is 2.68. The van der Waals surface area contributed by atoms with Gasteiger partial charge in [-0.15, -0.1) is 0 Å². The number of aliphatic hydroxyl groups excluding tert-OH is 1. The van der Waals surface area contributed by atoms with Gasteiger partial charge in [0.05, 0.1) is 18.3 Å². The van der Waals surface area contributed by atoms with E-state index in [9.17, 15) is 10.2 Å². The molecule has 1 aromatic carbocycles. The minimum Gasteiger partial charge on any atom is -0.508 e. The van der Waals surface area contributed by atoms with E-state index in [1.165, 1.54) is 0 Å². The normalized spacial score (nSPS) is 12.0. The summed E-state index contributed by atoms with van der Waals surface area (Å²) in [6.07, 6.45) is 3.45. The fraction of sp³-hybridized carbons (Fsp3) is 0.250. The predicted octanol–water partition coefficient (Wildman–Crippen LogP) is 3.42. The first-order chi connectivity index (χ1) is 13.0. The van der Waals surface area contributed by atoms with Gasteiger partial charge in [-0.05, 0) is 42.3 Å². The van der Waals surface area contributed by atoms with Gasteiger partial charge in [-0.3, -0.25) is 4.98 Å². The number of hydrogen-bond donors (Lipinski definition) is 4. The highest BCUT2D eigenvalue weighted by Crippen LogP contribution is 2.24. The van der Waals surface area contributed by atoms with Crippen molar-refractivity contribution in [3.05, 3.63) is 54.9 Å². The summed E-state index contributed by atoms with van der Waals surface area (Å²) in [7, 11) is 0. The Balaban J connectivity index is 1.96. The number of benzene rings is 1. The van der Waals surface area contributed by atoms with Gasteiger partial charge in [0.25, 0.3) is 0 Å². The summed E-state index contributed by atoms with van der Waals surface area (Å²) in [4.78, 5) is 13.2. The molecule has 0 fully saturated rings. The van der Waals surface area contributed by atoms with E-state index < -0.39 is 0 Å². The summed E-state index contributed by atoms with van der Waals surface area (Å²) in [6, 6.07) is 12.2. The molecule has 2 heterocycles. The van der Waals surface area contributed by atoms with E-state index in [4.69, 9.17) is 0 Å². The van der Waals surface area contributed by atoms with Crippen molar-refractivity contribution in [1.82, 2.24) is 15.0 Å². The number of hydrogen-bond acceptors (Lipinski definition) is 7. The van der Waals surface area contributed by atoms with Gasteiger partial charge in [-0.25, -0.2) is 4.98 Å². The molecule has 3 rings (SSSR count). The van der Waals surface area contributed by atoms with Crippen molar-refractivity contribution in [2.45, 2.75) is 19.9 Å². The highest BCUT2D eigenvalue weighted by molar-refractivity contribution is 5.67. The lowest BCUT2D eigenvalue weighted by atomic mass is 10.1. The van der Waals surface area contributed by atoms with Gasteiger partial charge >= 0.3 is 0 Å². The third kappa shape index (κ3) is 4.92.